The molecule has 7 nitrogen and oxygen atoms in total. The fourth-order valence-electron chi connectivity index (χ4n) is 6.93. The Morgan fingerprint density at radius 2 is 1.14 bits per heavy atom. The summed E-state index contributed by atoms with van der Waals surface area (Å²) in [6.45, 7) is 15.1. The lowest BCUT2D eigenvalue weighted by atomic mass is 10.0. The Labute approximate surface area is 375 Å². The van der Waals surface area contributed by atoms with Crippen molar-refractivity contribution in [2.45, 2.75) is 70.9 Å². The third-order valence-corrected chi connectivity index (χ3v) is 11.7. The number of aliphatic hydroxyl groups excluding tert-OH is 1. The number of halogens is 6. The molecule has 0 bridgehead atoms. The van der Waals surface area contributed by atoms with Gasteiger partial charge in [0.05, 0.1) is 58.4 Å². The van der Waals surface area contributed by atoms with Gasteiger partial charge in [-0.25, -0.2) is 0 Å². The highest BCUT2D eigenvalue weighted by Crippen LogP contribution is 2.38. The minimum atomic E-state index is -0.520. The Hall–Kier alpha value is -1.98. The summed E-state index contributed by atoms with van der Waals surface area (Å²) >= 11 is 37.1. The second kappa shape index (κ2) is 23.3. The fraction of sp³-hybridized carbons (Fsp3) is 0.467. The molecule has 4 aromatic carbocycles. The quantitative estimate of drug-likeness (QED) is 0.147. The standard InChI is InChI=1S/C22H27Cl3N2O2.C16H15Cl3N2.C7H14O/c1-15(2)29-14-19(28)12-26-9-10-27(21-8-7-18(24)11-20(21)25)22(13-26)16-3-5-17(23)6-4-16;17-12-3-1-11(2-4-12)16-10-20-7-8-21(16)15-6-5-13(18)9-14(15)19;1-6(2)8-5-7-3-4-7/h3-8,11,15,19,22,28H,9-10,12-14H2,1-2H3;1-6,9,16,20H,7-8,10H2;6-7H,3-5H2,1-2H3/t19?,22-;16-;/m00./s1. The normalized spacial score (nSPS) is 19.1. The van der Waals surface area contributed by atoms with E-state index < -0.39 is 6.10 Å². The number of rotatable bonds is 12. The molecule has 3 fully saturated rings. The molecule has 7 rings (SSSR count). The maximum absolute atomic E-state index is 10.4. The highest BCUT2D eigenvalue weighted by atomic mass is 35.5. The monoisotopic (exact) mass is 910 g/mol. The first-order chi connectivity index (χ1) is 27.8. The van der Waals surface area contributed by atoms with E-state index in [9.17, 15) is 5.11 Å². The van der Waals surface area contributed by atoms with Crippen molar-refractivity contribution in [1.29, 1.82) is 0 Å². The van der Waals surface area contributed by atoms with Crippen LogP contribution in [0, 0.1) is 5.92 Å². The van der Waals surface area contributed by atoms with Crippen molar-refractivity contribution in [2.75, 3.05) is 68.8 Å². The van der Waals surface area contributed by atoms with E-state index >= 15 is 0 Å². The molecule has 0 spiro atoms. The summed E-state index contributed by atoms with van der Waals surface area (Å²) in [6, 6.07) is 27.5. The number of hydrogen-bond acceptors (Lipinski definition) is 7. The zero-order valence-electron chi connectivity index (χ0n) is 33.7. The lowest BCUT2D eigenvalue weighted by Crippen LogP contribution is -2.51. The Bertz CT molecular complexity index is 1850. The van der Waals surface area contributed by atoms with Crippen LogP contribution in [0.3, 0.4) is 0 Å². The molecule has 2 aliphatic heterocycles. The molecule has 2 saturated heterocycles. The lowest BCUT2D eigenvalue weighted by Gasteiger charge is -2.44. The lowest BCUT2D eigenvalue weighted by molar-refractivity contribution is -0.0106. The van der Waals surface area contributed by atoms with E-state index in [-0.39, 0.29) is 18.2 Å². The highest BCUT2D eigenvalue weighted by molar-refractivity contribution is 6.37. The van der Waals surface area contributed by atoms with Crippen molar-refractivity contribution < 1.29 is 14.6 Å². The van der Waals surface area contributed by atoms with Crippen LogP contribution in [0.5, 0.6) is 0 Å². The van der Waals surface area contributed by atoms with Gasteiger partial charge in [-0.15, -0.1) is 0 Å². The van der Waals surface area contributed by atoms with Gasteiger partial charge in [-0.3, -0.25) is 4.90 Å². The van der Waals surface area contributed by atoms with Crippen molar-refractivity contribution in [3.63, 3.8) is 0 Å². The van der Waals surface area contributed by atoms with Crippen molar-refractivity contribution in [1.82, 2.24) is 10.2 Å². The SMILES string of the molecule is CC(C)OCC(O)CN1CCN(c2ccc(Cl)cc2Cl)[C@H](c2ccc(Cl)cc2)C1.CC(C)OCC1CC1.Clc1ccc([C@@H]2CNCCN2c2ccc(Cl)cc2Cl)cc1. The van der Waals surface area contributed by atoms with Crippen LogP contribution in [0.15, 0.2) is 84.9 Å². The molecule has 1 saturated carbocycles. The molecule has 58 heavy (non-hydrogen) atoms. The van der Waals surface area contributed by atoms with Gasteiger partial charge in [0.1, 0.15) is 0 Å². The fourth-order valence-corrected chi connectivity index (χ4v) is 8.22. The van der Waals surface area contributed by atoms with E-state index in [0.717, 1.165) is 73.8 Å². The van der Waals surface area contributed by atoms with Crippen LogP contribution in [0.2, 0.25) is 30.1 Å². The van der Waals surface area contributed by atoms with Crippen LogP contribution in [-0.2, 0) is 9.47 Å². The molecule has 2 N–H and O–H groups in total. The van der Waals surface area contributed by atoms with Crippen LogP contribution < -0.4 is 15.1 Å². The van der Waals surface area contributed by atoms with Crippen LogP contribution in [0.25, 0.3) is 0 Å². The molecule has 1 unspecified atom stereocenters. The minimum Gasteiger partial charge on any atom is -0.389 e. The molecule has 4 aromatic rings. The summed E-state index contributed by atoms with van der Waals surface area (Å²) in [7, 11) is 0. The summed E-state index contributed by atoms with van der Waals surface area (Å²) < 4.78 is 10.9. The minimum absolute atomic E-state index is 0.0814. The van der Waals surface area contributed by atoms with E-state index in [1.54, 1.807) is 12.1 Å². The zero-order chi connectivity index (χ0) is 41.8. The number of benzene rings is 4. The van der Waals surface area contributed by atoms with Crippen molar-refractivity contribution in [2.24, 2.45) is 5.92 Å². The molecular formula is C45H56Cl6N4O3. The molecule has 3 atom stereocenters. The number of anilines is 2. The number of nitrogens with zero attached hydrogens (tertiary/aromatic N) is 3. The van der Waals surface area contributed by atoms with Crippen molar-refractivity contribution in [3.05, 3.63) is 126 Å². The van der Waals surface area contributed by atoms with E-state index in [4.69, 9.17) is 79.1 Å². The van der Waals surface area contributed by atoms with Crippen LogP contribution in [-0.4, -0.2) is 87.3 Å². The predicted molar refractivity (Wildman–Crippen MR) is 246 cm³/mol. The number of aliphatic hydroxyl groups is 1. The zero-order valence-corrected chi connectivity index (χ0v) is 38.2. The topological polar surface area (TPSA) is 60.4 Å². The Balaban J connectivity index is 0.000000191. The van der Waals surface area contributed by atoms with E-state index in [2.05, 4.69) is 46.0 Å². The molecule has 0 amide bonds. The summed E-state index contributed by atoms with van der Waals surface area (Å²) in [5.41, 5.74) is 4.34. The summed E-state index contributed by atoms with van der Waals surface area (Å²) in [5.74, 6) is 0.914. The number of hydrogen-bond donors (Lipinski definition) is 2. The van der Waals surface area contributed by atoms with E-state index in [0.29, 0.717) is 44.4 Å². The van der Waals surface area contributed by atoms with Gasteiger partial charge in [0.25, 0.3) is 0 Å². The number of piperazine rings is 2. The third-order valence-electron chi connectivity index (χ3n) is 10.1. The Morgan fingerprint density at radius 3 is 1.64 bits per heavy atom. The van der Waals surface area contributed by atoms with E-state index in [1.165, 1.54) is 18.4 Å². The second-order valence-electron chi connectivity index (χ2n) is 15.5. The molecular weight excluding hydrogens is 857 g/mol. The van der Waals surface area contributed by atoms with Crippen molar-refractivity contribution >= 4 is 81.0 Å². The largest absolute Gasteiger partial charge is 0.389 e. The van der Waals surface area contributed by atoms with Gasteiger partial charge in [-0.2, -0.15) is 0 Å². The first kappa shape index (κ1) is 47.1. The summed E-state index contributed by atoms with van der Waals surface area (Å²) in [6.07, 6.45) is 2.80. The maximum Gasteiger partial charge on any atom is 0.0900 e. The highest BCUT2D eigenvalue weighted by Gasteiger charge is 2.31. The maximum atomic E-state index is 10.4. The Kier molecular flexibility index (Phi) is 18.9. The number of β-amino-alcohol motifs (C(OH)–C–C–N with tert-alkyl or cyclic N) is 1. The van der Waals surface area contributed by atoms with Crippen LogP contribution >= 0.6 is 69.6 Å². The summed E-state index contributed by atoms with van der Waals surface area (Å²) in [5, 5.41) is 17.9. The smallest absolute Gasteiger partial charge is 0.0900 e. The van der Waals surface area contributed by atoms with Gasteiger partial charge in [0, 0.05) is 72.5 Å². The molecule has 0 aromatic heterocycles. The molecule has 2 heterocycles. The molecule has 316 valence electrons. The number of ether oxygens (including phenoxy) is 2. The first-order valence-electron chi connectivity index (χ1n) is 20.1. The average molecular weight is 914 g/mol. The van der Waals surface area contributed by atoms with Gasteiger partial charge in [0.15, 0.2) is 0 Å². The van der Waals surface area contributed by atoms with Crippen molar-refractivity contribution in [3.8, 4) is 0 Å². The predicted octanol–water partition coefficient (Wildman–Crippen LogP) is 11.9. The number of nitrogens with one attached hydrogen (secondary N) is 1. The average Bonchev–Trinajstić information content (AvgIpc) is 4.03. The third kappa shape index (κ3) is 14.9. The van der Waals surface area contributed by atoms with E-state index in [1.807, 2.05) is 74.5 Å². The second-order valence-corrected chi connectivity index (χ2v) is 18.1. The summed E-state index contributed by atoms with van der Waals surface area (Å²) in [4.78, 5) is 6.89. The molecule has 1 aliphatic carbocycles. The molecule has 0 radical (unpaired) electrons. The molecule has 3 aliphatic rings. The Morgan fingerprint density at radius 1 is 0.638 bits per heavy atom. The first-order valence-corrected chi connectivity index (χ1v) is 22.3. The molecule has 13 heteroatoms. The van der Waals surface area contributed by atoms with Crippen LogP contribution in [0.1, 0.15) is 63.7 Å². The van der Waals surface area contributed by atoms with Gasteiger partial charge in [-0.1, -0.05) is 93.9 Å². The van der Waals surface area contributed by atoms with Gasteiger partial charge >= 0.3 is 0 Å². The van der Waals surface area contributed by atoms with Gasteiger partial charge in [-0.05, 0) is 118 Å². The van der Waals surface area contributed by atoms with Gasteiger partial charge in [0.2, 0.25) is 0 Å². The van der Waals surface area contributed by atoms with Gasteiger partial charge < -0.3 is 29.7 Å². The van der Waals surface area contributed by atoms with Crippen LogP contribution in [0.4, 0.5) is 11.4 Å².